The molecule has 1 atom stereocenters. The molecule has 0 spiro atoms. The van der Waals surface area contributed by atoms with Gasteiger partial charge in [0.1, 0.15) is 12.6 Å². The number of alkyl carbamates (subject to hydrolysis) is 1. The lowest BCUT2D eigenvalue weighted by Crippen LogP contribution is -2.47. The fourth-order valence-electron chi connectivity index (χ4n) is 4.23. The number of hydrogen-bond donors (Lipinski definition) is 3. The van der Waals surface area contributed by atoms with E-state index in [1.807, 2.05) is 72.8 Å². The molecule has 0 saturated heterocycles. The normalized spacial score (nSPS) is 11.2. The highest BCUT2D eigenvalue weighted by molar-refractivity contribution is 5.97. The molecule has 222 valence electrons. The van der Waals surface area contributed by atoms with Crippen molar-refractivity contribution in [2.75, 3.05) is 20.2 Å². The number of amides is 3. The first-order valence-corrected chi connectivity index (χ1v) is 14.2. The molecule has 3 N–H and O–H groups in total. The van der Waals surface area contributed by atoms with Crippen LogP contribution in [0.5, 0.6) is 0 Å². The fourth-order valence-corrected chi connectivity index (χ4v) is 4.23. The summed E-state index contributed by atoms with van der Waals surface area (Å²) in [6.45, 7) is 0.866. The summed E-state index contributed by atoms with van der Waals surface area (Å²) >= 11 is 0. The van der Waals surface area contributed by atoms with E-state index in [-0.39, 0.29) is 30.9 Å². The Bertz CT molecular complexity index is 1270. The van der Waals surface area contributed by atoms with Crippen molar-refractivity contribution >= 4 is 23.9 Å². The Morgan fingerprint density at radius 2 is 1.36 bits per heavy atom. The van der Waals surface area contributed by atoms with E-state index in [0.717, 1.165) is 23.1 Å². The van der Waals surface area contributed by atoms with Crippen molar-refractivity contribution in [1.29, 1.82) is 0 Å². The molecule has 0 aromatic heterocycles. The van der Waals surface area contributed by atoms with Gasteiger partial charge in [-0.05, 0) is 54.5 Å². The van der Waals surface area contributed by atoms with E-state index >= 15 is 0 Å². The maximum Gasteiger partial charge on any atom is 0.407 e. The van der Waals surface area contributed by atoms with Gasteiger partial charge in [-0.2, -0.15) is 0 Å². The Morgan fingerprint density at radius 1 is 0.714 bits per heavy atom. The molecule has 9 nitrogen and oxygen atoms in total. The number of ether oxygens (including phenoxy) is 2. The van der Waals surface area contributed by atoms with Gasteiger partial charge in [-0.25, -0.2) is 4.79 Å². The number of benzene rings is 3. The molecule has 0 aliphatic heterocycles. The quantitative estimate of drug-likeness (QED) is 0.164. The second-order valence-electron chi connectivity index (χ2n) is 9.78. The molecule has 0 bridgehead atoms. The molecule has 0 aliphatic carbocycles. The Hall–Kier alpha value is -4.66. The topological polar surface area (TPSA) is 123 Å². The van der Waals surface area contributed by atoms with Crippen molar-refractivity contribution in [3.63, 3.8) is 0 Å². The molecule has 42 heavy (non-hydrogen) atoms. The second kappa shape index (κ2) is 17.9. The van der Waals surface area contributed by atoms with Crippen LogP contribution in [0, 0.1) is 0 Å². The van der Waals surface area contributed by atoms with Gasteiger partial charge in [-0.3, -0.25) is 14.4 Å². The first-order valence-electron chi connectivity index (χ1n) is 14.2. The molecule has 0 radical (unpaired) electrons. The molecular weight excluding hydrogens is 534 g/mol. The molecular formula is C33H39N3O6. The average Bonchev–Trinajstić information content (AvgIpc) is 3.03. The number of carbonyl (C=O) groups excluding carboxylic acids is 4. The zero-order valence-corrected chi connectivity index (χ0v) is 24.0. The van der Waals surface area contributed by atoms with Crippen LogP contribution >= 0.6 is 0 Å². The van der Waals surface area contributed by atoms with Gasteiger partial charge in [0.2, 0.25) is 5.91 Å². The number of methoxy groups -OCH3 is 1. The summed E-state index contributed by atoms with van der Waals surface area (Å²) in [5.74, 6) is -0.914. The molecule has 3 aromatic rings. The van der Waals surface area contributed by atoms with Crippen molar-refractivity contribution in [1.82, 2.24) is 16.0 Å². The van der Waals surface area contributed by atoms with Gasteiger partial charge in [-0.1, -0.05) is 79.2 Å². The number of nitrogens with one attached hydrogen (secondary N) is 3. The maximum absolute atomic E-state index is 13.1. The molecule has 3 rings (SSSR count). The van der Waals surface area contributed by atoms with E-state index in [0.29, 0.717) is 44.2 Å². The van der Waals surface area contributed by atoms with Crippen molar-refractivity contribution in [3.8, 4) is 11.1 Å². The van der Waals surface area contributed by atoms with Gasteiger partial charge in [0.25, 0.3) is 5.91 Å². The third-order valence-corrected chi connectivity index (χ3v) is 6.61. The van der Waals surface area contributed by atoms with E-state index in [2.05, 4.69) is 20.7 Å². The Balaban J connectivity index is 1.50. The SMILES string of the molecule is COC(=O)CCCCCNC(=O)[C@H](CCCNC(=O)OCc1ccccc1)NC(=O)c1ccc(-c2ccccc2)cc1. The smallest absolute Gasteiger partial charge is 0.407 e. The van der Waals surface area contributed by atoms with Gasteiger partial charge in [-0.15, -0.1) is 0 Å². The van der Waals surface area contributed by atoms with Crippen LogP contribution in [-0.2, 0) is 25.7 Å². The standard InChI is InChI=1S/C33H39N3O6/c1-41-30(37)17-9-4-10-22-34-32(39)29(16-11-23-35-33(40)42-24-25-12-5-2-6-13-25)36-31(38)28-20-18-27(19-21-28)26-14-7-3-8-15-26/h2-3,5-8,12-15,18-21,29H,4,9-11,16-17,22-24H2,1H3,(H,34,39)(H,35,40)(H,36,38)/t29-/m0/s1. The Kier molecular flexibility index (Phi) is 13.6. The summed E-state index contributed by atoms with van der Waals surface area (Å²) in [6.07, 6.45) is 2.69. The Morgan fingerprint density at radius 3 is 2.05 bits per heavy atom. The first-order chi connectivity index (χ1) is 20.5. The summed E-state index contributed by atoms with van der Waals surface area (Å²) in [5, 5.41) is 8.42. The molecule has 0 heterocycles. The maximum atomic E-state index is 13.1. The van der Waals surface area contributed by atoms with Crippen molar-refractivity contribution in [2.24, 2.45) is 0 Å². The fraction of sp³-hybridized carbons (Fsp3) is 0.333. The number of unbranched alkanes of at least 4 members (excludes halogenated alkanes) is 2. The first kappa shape index (κ1) is 31.9. The molecule has 0 aliphatic rings. The highest BCUT2D eigenvalue weighted by Gasteiger charge is 2.21. The monoisotopic (exact) mass is 573 g/mol. The summed E-state index contributed by atoms with van der Waals surface area (Å²) in [7, 11) is 1.36. The molecule has 0 unspecified atom stereocenters. The summed E-state index contributed by atoms with van der Waals surface area (Å²) in [6, 6.07) is 25.6. The highest BCUT2D eigenvalue weighted by Crippen LogP contribution is 2.19. The molecule has 0 fully saturated rings. The highest BCUT2D eigenvalue weighted by atomic mass is 16.5. The van der Waals surface area contributed by atoms with Crippen LogP contribution in [0.2, 0.25) is 0 Å². The molecule has 3 aromatic carbocycles. The predicted molar refractivity (Wildman–Crippen MR) is 160 cm³/mol. The second-order valence-corrected chi connectivity index (χ2v) is 9.78. The van der Waals surface area contributed by atoms with Gasteiger partial charge in [0, 0.05) is 25.1 Å². The van der Waals surface area contributed by atoms with E-state index in [9.17, 15) is 19.2 Å². The van der Waals surface area contributed by atoms with Crippen LogP contribution in [-0.4, -0.2) is 50.1 Å². The average molecular weight is 574 g/mol. The van der Waals surface area contributed by atoms with E-state index < -0.39 is 12.1 Å². The predicted octanol–water partition coefficient (Wildman–Crippen LogP) is 5.01. The van der Waals surface area contributed by atoms with E-state index in [4.69, 9.17) is 4.74 Å². The summed E-state index contributed by atoms with van der Waals surface area (Å²) in [5.41, 5.74) is 3.36. The lowest BCUT2D eigenvalue weighted by molar-refractivity contribution is -0.140. The number of esters is 1. The van der Waals surface area contributed by atoms with Crippen molar-refractivity contribution < 1.29 is 28.7 Å². The van der Waals surface area contributed by atoms with Crippen LogP contribution in [0.1, 0.15) is 54.4 Å². The van der Waals surface area contributed by atoms with Crippen LogP contribution in [0.15, 0.2) is 84.9 Å². The summed E-state index contributed by atoms with van der Waals surface area (Å²) in [4.78, 5) is 49.4. The number of carbonyl (C=O) groups is 4. The zero-order valence-electron chi connectivity index (χ0n) is 24.0. The van der Waals surface area contributed by atoms with Crippen LogP contribution < -0.4 is 16.0 Å². The minimum Gasteiger partial charge on any atom is -0.469 e. The molecule has 3 amide bonds. The number of rotatable bonds is 16. The molecule has 9 heteroatoms. The van der Waals surface area contributed by atoms with Gasteiger partial charge in [0.15, 0.2) is 0 Å². The van der Waals surface area contributed by atoms with Gasteiger partial charge >= 0.3 is 12.1 Å². The van der Waals surface area contributed by atoms with E-state index in [1.54, 1.807) is 12.1 Å². The minimum absolute atomic E-state index is 0.163. The van der Waals surface area contributed by atoms with E-state index in [1.165, 1.54) is 7.11 Å². The minimum atomic E-state index is -0.788. The lowest BCUT2D eigenvalue weighted by Gasteiger charge is -2.19. The lowest BCUT2D eigenvalue weighted by atomic mass is 10.0. The number of hydrogen-bond acceptors (Lipinski definition) is 6. The van der Waals surface area contributed by atoms with Gasteiger partial charge in [0.05, 0.1) is 7.11 Å². The Labute approximate surface area is 247 Å². The van der Waals surface area contributed by atoms with Crippen molar-refractivity contribution in [3.05, 3.63) is 96.1 Å². The third-order valence-electron chi connectivity index (χ3n) is 6.61. The summed E-state index contributed by atoms with van der Waals surface area (Å²) < 4.78 is 9.87. The zero-order chi connectivity index (χ0) is 30.0. The van der Waals surface area contributed by atoms with Crippen LogP contribution in [0.4, 0.5) is 4.79 Å². The third kappa shape index (κ3) is 11.4. The molecule has 0 saturated carbocycles. The van der Waals surface area contributed by atoms with Crippen molar-refractivity contribution in [2.45, 2.75) is 51.2 Å². The largest absolute Gasteiger partial charge is 0.469 e. The van der Waals surface area contributed by atoms with Gasteiger partial charge < -0.3 is 25.4 Å². The van der Waals surface area contributed by atoms with Crippen LogP contribution in [0.3, 0.4) is 0 Å². The van der Waals surface area contributed by atoms with Crippen LogP contribution in [0.25, 0.3) is 11.1 Å².